The number of rotatable bonds is 2. The second kappa shape index (κ2) is 4.24. The fourth-order valence-corrected chi connectivity index (χ4v) is 1.08. The van der Waals surface area contributed by atoms with Crippen molar-refractivity contribution >= 4 is 11.6 Å². The van der Waals surface area contributed by atoms with Gasteiger partial charge < -0.3 is 4.74 Å². The van der Waals surface area contributed by atoms with Gasteiger partial charge in [-0.05, 0) is 18.6 Å². The summed E-state index contributed by atoms with van der Waals surface area (Å²) in [6.07, 6.45) is 8.87. The van der Waals surface area contributed by atoms with Gasteiger partial charge in [0.25, 0.3) is 0 Å². The van der Waals surface area contributed by atoms with Crippen LogP contribution in [0.3, 0.4) is 0 Å². The molecule has 0 saturated carbocycles. The van der Waals surface area contributed by atoms with Crippen molar-refractivity contribution in [3.8, 4) is 0 Å². The predicted octanol–water partition coefficient (Wildman–Crippen LogP) is 2.64. The average molecular weight is 171 g/mol. The molecule has 0 aromatic rings. The smallest absolute Gasteiger partial charge is 0.118 e. The van der Waals surface area contributed by atoms with Crippen molar-refractivity contribution in [2.24, 2.45) is 0 Å². The van der Waals surface area contributed by atoms with E-state index in [0.717, 1.165) is 12.2 Å². The average Bonchev–Trinajstić information content (AvgIpc) is 2.28. The number of ether oxygens (including phenoxy) is 1. The molecule has 0 aromatic carbocycles. The molecule has 0 heterocycles. The van der Waals surface area contributed by atoms with E-state index in [1.807, 2.05) is 18.2 Å². The van der Waals surface area contributed by atoms with Gasteiger partial charge in [-0.25, -0.2) is 0 Å². The van der Waals surface area contributed by atoms with E-state index in [4.69, 9.17) is 16.3 Å². The molecule has 0 saturated heterocycles. The normalized spacial score (nSPS) is 16.9. The number of halogens is 1. The first kappa shape index (κ1) is 8.41. The highest BCUT2D eigenvalue weighted by Crippen LogP contribution is 2.12. The maximum absolute atomic E-state index is 5.67. The Bertz CT molecular complexity index is 214. The molecule has 1 aliphatic rings. The summed E-state index contributed by atoms with van der Waals surface area (Å²) in [5.74, 6) is 1.47. The Morgan fingerprint density at radius 1 is 1.55 bits per heavy atom. The van der Waals surface area contributed by atoms with Crippen molar-refractivity contribution < 1.29 is 4.74 Å². The molecule has 0 aromatic heterocycles. The molecule has 0 radical (unpaired) electrons. The quantitative estimate of drug-likeness (QED) is 0.579. The van der Waals surface area contributed by atoms with Gasteiger partial charge in [0, 0.05) is 5.88 Å². The molecule has 2 heteroatoms. The minimum Gasteiger partial charge on any atom is -0.497 e. The first-order valence-electron chi connectivity index (χ1n) is 3.53. The summed E-state index contributed by atoms with van der Waals surface area (Å²) >= 11 is 5.67. The summed E-state index contributed by atoms with van der Waals surface area (Å²) in [5.41, 5.74) is 1.22. The third-order valence-corrected chi connectivity index (χ3v) is 1.90. The Morgan fingerprint density at radius 3 is 3.00 bits per heavy atom. The van der Waals surface area contributed by atoms with Crippen molar-refractivity contribution in [1.29, 1.82) is 0 Å². The van der Waals surface area contributed by atoms with Gasteiger partial charge in [0.05, 0.1) is 7.11 Å². The van der Waals surface area contributed by atoms with Gasteiger partial charge in [-0.1, -0.05) is 17.7 Å². The Morgan fingerprint density at radius 2 is 2.36 bits per heavy atom. The zero-order chi connectivity index (χ0) is 8.10. The summed E-state index contributed by atoms with van der Waals surface area (Å²) < 4.78 is 5.05. The monoisotopic (exact) mass is 170 g/mol. The Labute approximate surface area is 72.0 Å². The number of hydrogen-bond acceptors (Lipinski definition) is 1. The van der Waals surface area contributed by atoms with Gasteiger partial charge in [0.15, 0.2) is 0 Å². The molecule has 0 bridgehead atoms. The molecule has 0 atom stereocenters. The minimum absolute atomic E-state index is 0.595. The van der Waals surface area contributed by atoms with Crippen molar-refractivity contribution in [2.75, 3.05) is 13.0 Å². The van der Waals surface area contributed by atoms with Crippen LogP contribution in [0.2, 0.25) is 0 Å². The molecular formula is C9H11ClO. The maximum atomic E-state index is 5.67. The lowest BCUT2D eigenvalue weighted by Crippen LogP contribution is -1.79. The maximum Gasteiger partial charge on any atom is 0.118 e. The molecule has 0 amide bonds. The van der Waals surface area contributed by atoms with Gasteiger partial charge in [-0.2, -0.15) is 0 Å². The van der Waals surface area contributed by atoms with E-state index in [2.05, 4.69) is 6.08 Å². The molecular weight excluding hydrogens is 160 g/mol. The molecule has 60 valence electrons. The number of hydrogen-bond donors (Lipinski definition) is 0. The highest BCUT2D eigenvalue weighted by Gasteiger charge is 1.96. The molecule has 0 unspecified atom stereocenters. The fraction of sp³-hybridized carbons (Fsp3) is 0.333. The van der Waals surface area contributed by atoms with Crippen molar-refractivity contribution in [2.45, 2.75) is 6.42 Å². The minimum atomic E-state index is 0.595. The highest BCUT2D eigenvalue weighted by atomic mass is 35.5. The van der Waals surface area contributed by atoms with Crippen LogP contribution in [0.25, 0.3) is 0 Å². The molecule has 11 heavy (non-hydrogen) atoms. The first-order chi connectivity index (χ1) is 5.36. The predicted molar refractivity (Wildman–Crippen MR) is 47.7 cm³/mol. The SMILES string of the molecule is COC1=CC=C(CCl)CC=C1. The van der Waals surface area contributed by atoms with Gasteiger partial charge >= 0.3 is 0 Å². The van der Waals surface area contributed by atoms with Crippen LogP contribution in [0.5, 0.6) is 0 Å². The van der Waals surface area contributed by atoms with Crippen molar-refractivity contribution in [3.05, 3.63) is 35.6 Å². The first-order valence-corrected chi connectivity index (χ1v) is 4.06. The van der Waals surface area contributed by atoms with E-state index < -0.39 is 0 Å². The second-order valence-electron chi connectivity index (χ2n) is 2.34. The summed E-state index contributed by atoms with van der Waals surface area (Å²) in [5, 5.41) is 0. The number of allylic oxidation sites excluding steroid dienone is 5. The van der Waals surface area contributed by atoms with E-state index in [9.17, 15) is 0 Å². The highest BCUT2D eigenvalue weighted by molar-refractivity contribution is 6.19. The molecule has 1 aliphatic carbocycles. The Kier molecular flexibility index (Phi) is 3.24. The zero-order valence-corrected chi connectivity index (χ0v) is 7.27. The van der Waals surface area contributed by atoms with Crippen molar-refractivity contribution in [3.63, 3.8) is 0 Å². The van der Waals surface area contributed by atoms with E-state index >= 15 is 0 Å². The molecule has 1 nitrogen and oxygen atoms in total. The second-order valence-corrected chi connectivity index (χ2v) is 2.61. The molecule has 0 fully saturated rings. The Balaban J connectivity index is 2.72. The van der Waals surface area contributed by atoms with Crippen LogP contribution < -0.4 is 0 Å². The lowest BCUT2D eigenvalue weighted by Gasteiger charge is -1.94. The van der Waals surface area contributed by atoms with Crippen LogP contribution >= 0.6 is 11.6 Å². The standard InChI is InChI=1S/C9H11ClO/c1-11-9-4-2-3-8(7-10)5-6-9/h2,4-6H,3,7H2,1H3. The van der Waals surface area contributed by atoms with E-state index in [1.54, 1.807) is 7.11 Å². The van der Waals surface area contributed by atoms with Gasteiger partial charge in [0.1, 0.15) is 5.76 Å². The van der Waals surface area contributed by atoms with Gasteiger partial charge in [-0.3, -0.25) is 0 Å². The molecule has 0 spiro atoms. The third-order valence-electron chi connectivity index (χ3n) is 1.55. The summed E-state index contributed by atoms with van der Waals surface area (Å²) in [6, 6.07) is 0. The lowest BCUT2D eigenvalue weighted by atomic mass is 10.2. The van der Waals surface area contributed by atoms with E-state index in [-0.39, 0.29) is 0 Å². The van der Waals surface area contributed by atoms with E-state index in [1.165, 1.54) is 5.57 Å². The van der Waals surface area contributed by atoms with Gasteiger partial charge in [-0.15, -0.1) is 11.6 Å². The fourth-order valence-electron chi connectivity index (χ4n) is 0.885. The van der Waals surface area contributed by atoms with Crippen LogP contribution in [0.15, 0.2) is 35.6 Å². The summed E-state index contributed by atoms with van der Waals surface area (Å²) in [4.78, 5) is 0. The number of methoxy groups -OCH3 is 1. The molecule has 0 N–H and O–H groups in total. The van der Waals surface area contributed by atoms with Crippen LogP contribution in [0.4, 0.5) is 0 Å². The topological polar surface area (TPSA) is 9.23 Å². The van der Waals surface area contributed by atoms with E-state index in [0.29, 0.717) is 5.88 Å². The van der Waals surface area contributed by atoms with Crippen molar-refractivity contribution in [1.82, 2.24) is 0 Å². The molecule has 1 rings (SSSR count). The van der Waals surface area contributed by atoms with Crippen LogP contribution in [0, 0.1) is 0 Å². The lowest BCUT2D eigenvalue weighted by molar-refractivity contribution is 0.307. The summed E-state index contributed by atoms with van der Waals surface area (Å²) in [7, 11) is 1.66. The van der Waals surface area contributed by atoms with Crippen LogP contribution in [-0.4, -0.2) is 13.0 Å². The third kappa shape index (κ3) is 2.43. The van der Waals surface area contributed by atoms with Crippen LogP contribution in [0.1, 0.15) is 6.42 Å². The zero-order valence-electron chi connectivity index (χ0n) is 6.51. The number of alkyl halides is 1. The summed E-state index contributed by atoms with van der Waals surface area (Å²) in [6.45, 7) is 0. The van der Waals surface area contributed by atoms with Gasteiger partial charge in [0.2, 0.25) is 0 Å². The molecule has 0 aliphatic heterocycles. The largest absolute Gasteiger partial charge is 0.497 e. The Hall–Kier alpha value is -0.690. The van der Waals surface area contributed by atoms with Crippen LogP contribution in [-0.2, 0) is 4.74 Å².